The SMILES string of the molecule is N=c1ccn2c(n1)O[C@@H]1[C@H](OC(=O)CCCl)[C@@H](COC(=O)CCCl)O[C@H]12. The van der Waals surface area contributed by atoms with E-state index in [4.69, 9.17) is 47.6 Å². The van der Waals surface area contributed by atoms with Crippen LogP contribution in [0.15, 0.2) is 12.3 Å². The third-order valence-corrected chi connectivity index (χ3v) is 4.28. The Kier molecular flexibility index (Phi) is 6.00. The molecule has 0 amide bonds. The van der Waals surface area contributed by atoms with Crippen molar-refractivity contribution in [1.82, 2.24) is 9.55 Å². The molecule has 26 heavy (non-hydrogen) atoms. The summed E-state index contributed by atoms with van der Waals surface area (Å²) in [6.45, 7) is -0.106. The number of nitrogens with one attached hydrogen (secondary N) is 1. The maximum Gasteiger partial charge on any atom is 0.307 e. The van der Waals surface area contributed by atoms with Gasteiger partial charge in [0.25, 0.3) is 0 Å². The van der Waals surface area contributed by atoms with E-state index in [2.05, 4.69) is 4.98 Å². The summed E-state index contributed by atoms with van der Waals surface area (Å²) in [5.41, 5.74) is 0.0402. The topological polar surface area (TPSA) is 113 Å². The number of carbonyl (C=O) groups excluding carboxylic acids is 2. The van der Waals surface area contributed by atoms with Gasteiger partial charge in [-0.3, -0.25) is 19.6 Å². The number of halogens is 2. The van der Waals surface area contributed by atoms with Crippen LogP contribution in [0.2, 0.25) is 0 Å². The third kappa shape index (κ3) is 3.94. The van der Waals surface area contributed by atoms with Crippen LogP contribution in [-0.4, -0.2) is 58.2 Å². The molecule has 11 heteroatoms. The van der Waals surface area contributed by atoms with Crippen LogP contribution in [0.1, 0.15) is 19.1 Å². The summed E-state index contributed by atoms with van der Waals surface area (Å²) in [5.74, 6) is -0.710. The molecule has 0 unspecified atom stereocenters. The molecule has 0 radical (unpaired) electrons. The highest BCUT2D eigenvalue weighted by molar-refractivity contribution is 6.19. The standard InChI is InChI=1S/C15H17Cl2N3O6/c16-4-1-10(21)23-7-8-12(25-11(22)2-5-17)13-14(24-8)20-6-3-9(18)19-15(20)26-13/h3,6,8,12-14,18H,1-2,4-5,7H2/t8-,12-,13-,14-/m1/s1. The van der Waals surface area contributed by atoms with Crippen molar-refractivity contribution in [2.75, 3.05) is 18.4 Å². The number of esters is 2. The molecule has 0 aliphatic carbocycles. The number of fused-ring (bicyclic) bond motifs is 3. The lowest BCUT2D eigenvalue weighted by atomic mass is 10.1. The fourth-order valence-electron chi connectivity index (χ4n) is 2.76. The summed E-state index contributed by atoms with van der Waals surface area (Å²) in [5, 5.41) is 7.57. The molecule has 1 aromatic rings. The van der Waals surface area contributed by atoms with Crippen LogP contribution in [0.25, 0.3) is 0 Å². The van der Waals surface area contributed by atoms with E-state index in [1.54, 1.807) is 10.8 Å². The molecule has 0 bridgehead atoms. The lowest BCUT2D eigenvalue weighted by Gasteiger charge is -2.21. The molecule has 3 rings (SSSR count). The van der Waals surface area contributed by atoms with E-state index in [9.17, 15) is 9.59 Å². The molecule has 0 saturated carbocycles. The number of nitrogens with zero attached hydrogens (tertiary/aromatic N) is 2. The van der Waals surface area contributed by atoms with Gasteiger partial charge in [-0.25, -0.2) is 0 Å². The van der Waals surface area contributed by atoms with Gasteiger partial charge in [-0.1, -0.05) is 0 Å². The Bertz CT molecular complexity index is 742. The Morgan fingerprint density at radius 2 is 2.00 bits per heavy atom. The summed E-state index contributed by atoms with van der Waals surface area (Å²) in [6.07, 6.45) is -1.08. The largest absolute Gasteiger partial charge is 0.463 e. The molecule has 142 valence electrons. The first kappa shape index (κ1) is 18.9. The summed E-state index contributed by atoms with van der Waals surface area (Å²) < 4.78 is 23.8. The highest BCUT2D eigenvalue weighted by Gasteiger charge is 2.54. The summed E-state index contributed by atoms with van der Waals surface area (Å²) >= 11 is 11.1. The van der Waals surface area contributed by atoms with Crippen LogP contribution in [0.5, 0.6) is 6.01 Å². The average Bonchev–Trinajstić information content (AvgIpc) is 3.09. The number of aromatic nitrogens is 2. The van der Waals surface area contributed by atoms with E-state index in [-0.39, 0.29) is 42.7 Å². The average molecular weight is 406 g/mol. The fraction of sp³-hybridized carbons (Fsp3) is 0.600. The van der Waals surface area contributed by atoms with Crippen LogP contribution in [0, 0.1) is 5.41 Å². The molecule has 3 heterocycles. The van der Waals surface area contributed by atoms with Crippen LogP contribution in [-0.2, 0) is 23.8 Å². The zero-order valence-corrected chi connectivity index (χ0v) is 15.1. The van der Waals surface area contributed by atoms with Gasteiger partial charge >= 0.3 is 17.9 Å². The monoisotopic (exact) mass is 405 g/mol. The highest BCUT2D eigenvalue weighted by atomic mass is 35.5. The summed E-state index contributed by atoms with van der Waals surface area (Å²) in [6, 6.07) is 1.68. The minimum atomic E-state index is -0.810. The van der Waals surface area contributed by atoms with Crippen molar-refractivity contribution in [3.63, 3.8) is 0 Å². The molecule has 1 fully saturated rings. The molecule has 1 aromatic heterocycles. The smallest absolute Gasteiger partial charge is 0.307 e. The Morgan fingerprint density at radius 3 is 2.73 bits per heavy atom. The zero-order chi connectivity index (χ0) is 18.7. The lowest BCUT2D eigenvalue weighted by molar-refractivity contribution is -0.159. The van der Waals surface area contributed by atoms with Gasteiger partial charge in [0.1, 0.15) is 12.7 Å². The Morgan fingerprint density at radius 1 is 1.27 bits per heavy atom. The van der Waals surface area contributed by atoms with Gasteiger partial charge in [0.05, 0.1) is 12.8 Å². The molecule has 1 saturated heterocycles. The van der Waals surface area contributed by atoms with Crippen LogP contribution >= 0.6 is 23.2 Å². The predicted octanol–water partition coefficient (Wildman–Crippen LogP) is 0.734. The second kappa shape index (κ2) is 8.24. The van der Waals surface area contributed by atoms with Crippen molar-refractivity contribution in [1.29, 1.82) is 5.41 Å². The number of carbonyl (C=O) groups is 2. The van der Waals surface area contributed by atoms with E-state index < -0.39 is 36.5 Å². The molecule has 0 spiro atoms. The van der Waals surface area contributed by atoms with Crippen molar-refractivity contribution in [2.24, 2.45) is 0 Å². The zero-order valence-electron chi connectivity index (χ0n) is 13.6. The Balaban J connectivity index is 1.76. The first-order valence-corrected chi connectivity index (χ1v) is 9.03. The van der Waals surface area contributed by atoms with Crippen molar-refractivity contribution >= 4 is 35.1 Å². The van der Waals surface area contributed by atoms with E-state index in [0.29, 0.717) is 0 Å². The van der Waals surface area contributed by atoms with Crippen molar-refractivity contribution in [3.8, 4) is 6.01 Å². The molecule has 1 N–H and O–H groups in total. The first-order chi connectivity index (χ1) is 12.5. The van der Waals surface area contributed by atoms with Gasteiger partial charge in [0.2, 0.25) is 0 Å². The van der Waals surface area contributed by atoms with Gasteiger partial charge in [-0.15, -0.1) is 23.2 Å². The Hall–Kier alpha value is -1.84. The second-order valence-corrected chi connectivity index (χ2v) is 6.42. The molecule has 2 aliphatic rings. The molecule has 4 atom stereocenters. The number of ether oxygens (including phenoxy) is 4. The van der Waals surface area contributed by atoms with E-state index >= 15 is 0 Å². The maximum absolute atomic E-state index is 11.9. The predicted molar refractivity (Wildman–Crippen MR) is 87.9 cm³/mol. The molecule has 2 aliphatic heterocycles. The van der Waals surface area contributed by atoms with Crippen LogP contribution in [0.4, 0.5) is 0 Å². The van der Waals surface area contributed by atoms with E-state index in [0.717, 1.165) is 0 Å². The summed E-state index contributed by atoms with van der Waals surface area (Å²) in [4.78, 5) is 27.4. The number of hydrogen-bond donors (Lipinski definition) is 1. The molecular formula is C15H17Cl2N3O6. The number of rotatable bonds is 7. The van der Waals surface area contributed by atoms with Crippen molar-refractivity contribution in [3.05, 3.63) is 17.8 Å². The molecule has 0 aromatic carbocycles. The normalized spacial score (nSPS) is 25.9. The minimum Gasteiger partial charge on any atom is -0.463 e. The van der Waals surface area contributed by atoms with Gasteiger partial charge in [-0.05, 0) is 6.07 Å². The number of hydrogen-bond acceptors (Lipinski definition) is 8. The van der Waals surface area contributed by atoms with E-state index in [1.165, 1.54) is 6.07 Å². The quantitative estimate of drug-likeness (QED) is 0.525. The lowest BCUT2D eigenvalue weighted by Crippen LogP contribution is -2.40. The minimum absolute atomic E-state index is 0.0312. The summed E-state index contributed by atoms with van der Waals surface area (Å²) in [7, 11) is 0. The van der Waals surface area contributed by atoms with E-state index in [1.807, 2.05) is 0 Å². The second-order valence-electron chi connectivity index (χ2n) is 5.67. The van der Waals surface area contributed by atoms with Gasteiger partial charge in [-0.2, -0.15) is 4.98 Å². The van der Waals surface area contributed by atoms with Crippen LogP contribution in [0.3, 0.4) is 0 Å². The molecular weight excluding hydrogens is 389 g/mol. The van der Waals surface area contributed by atoms with Crippen molar-refractivity contribution < 1.29 is 28.5 Å². The first-order valence-electron chi connectivity index (χ1n) is 7.96. The highest BCUT2D eigenvalue weighted by Crippen LogP contribution is 2.40. The molecule has 9 nitrogen and oxygen atoms in total. The van der Waals surface area contributed by atoms with Crippen molar-refractivity contribution in [2.45, 2.75) is 37.4 Å². The van der Waals surface area contributed by atoms with Gasteiger partial charge < -0.3 is 18.9 Å². The Labute approximate surface area is 158 Å². The third-order valence-electron chi connectivity index (χ3n) is 3.90. The maximum atomic E-state index is 11.9. The number of alkyl halides is 2. The van der Waals surface area contributed by atoms with Gasteiger partial charge in [0, 0.05) is 18.0 Å². The van der Waals surface area contributed by atoms with Gasteiger partial charge in [0.15, 0.2) is 23.9 Å². The van der Waals surface area contributed by atoms with Crippen LogP contribution < -0.4 is 10.2 Å². The fourth-order valence-corrected chi connectivity index (χ4v) is 3.07.